The van der Waals surface area contributed by atoms with Gasteiger partial charge in [0.15, 0.2) is 0 Å². The summed E-state index contributed by atoms with van der Waals surface area (Å²) in [5.41, 5.74) is 0.859. The zero-order chi connectivity index (χ0) is 9.52. The van der Waals surface area contributed by atoms with Gasteiger partial charge in [-0.1, -0.05) is 5.21 Å². The second-order valence-corrected chi connectivity index (χ2v) is 2.60. The zero-order valence-corrected chi connectivity index (χ0v) is 8.06. The molecule has 0 spiro atoms. The number of methoxy groups -OCH3 is 1. The molecule has 0 N–H and O–H groups in total. The topological polar surface area (TPSA) is 49.2 Å². The van der Waals surface area contributed by atoms with E-state index in [4.69, 9.17) is 9.47 Å². The lowest BCUT2D eigenvalue weighted by Gasteiger charge is -1.97. The number of hydrogen-bond donors (Lipinski definition) is 0. The molecular formula is C8H15N3O2. The zero-order valence-electron chi connectivity index (χ0n) is 8.06. The largest absolute Gasteiger partial charge is 0.383 e. The highest BCUT2D eigenvalue weighted by atomic mass is 16.5. The lowest BCUT2D eigenvalue weighted by molar-refractivity contribution is 0.131. The summed E-state index contributed by atoms with van der Waals surface area (Å²) in [6.07, 6.45) is 1.87. The van der Waals surface area contributed by atoms with Crippen molar-refractivity contribution in [3.8, 4) is 0 Å². The van der Waals surface area contributed by atoms with Gasteiger partial charge in [0, 0.05) is 13.7 Å². The van der Waals surface area contributed by atoms with Crippen LogP contribution in [0.15, 0.2) is 6.20 Å². The molecule has 0 saturated heterocycles. The SMILES string of the molecule is CCOCc1cn(CCOC)nn1. The van der Waals surface area contributed by atoms with Crippen LogP contribution in [-0.4, -0.2) is 35.3 Å². The first kappa shape index (κ1) is 10.1. The first-order chi connectivity index (χ1) is 6.36. The Balaban J connectivity index is 2.34. The predicted molar refractivity (Wildman–Crippen MR) is 47.2 cm³/mol. The fraction of sp³-hybridized carbons (Fsp3) is 0.750. The predicted octanol–water partition coefficient (Wildman–Crippen LogP) is 0.461. The maximum absolute atomic E-state index is 5.19. The van der Waals surface area contributed by atoms with Crippen molar-refractivity contribution in [2.24, 2.45) is 0 Å². The summed E-state index contributed by atoms with van der Waals surface area (Å²) >= 11 is 0. The Bertz CT molecular complexity index is 215. The summed E-state index contributed by atoms with van der Waals surface area (Å²) in [5, 5.41) is 7.85. The Morgan fingerprint density at radius 2 is 2.38 bits per heavy atom. The Morgan fingerprint density at radius 1 is 1.54 bits per heavy atom. The Morgan fingerprint density at radius 3 is 3.08 bits per heavy atom. The highest BCUT2D eigenvalue weighted by molar-refractivity contribution is 4.89. The monoisotopic (exact) mass is 185 g/mol. The van der Waals surface area contributed by atoms with Crippen molar-refractivity contribution in [3.63, 3.8) is 0 Å². The van der Waals surface area contributed by atoms with E-state index in [1.54, 1.807) is 11.8 Å². The smallest absolute Gasteiger partial charge is 0.108 e. The summed E-state index contributed by atoms with van der Waals surface area (Å²) in [5.74, 6) is 0. The van der Waals surface area contributed by atoms with Crippen molar-refractivity contribution in [1.29, 1.82) is 0 Å². The highest BCUT2D eigenvalue weighted by Gasteiger charge is 1.99. The molecule has 0 aliphatic carbocycles. The van der Waals surface area contributed by atoms with Gasteiger partial charge in [0.05, 0.1) is 26.0 Å². The van der Waals surface area contributed by atoms with Gasteiger partial charge in [-0.05, 0) is 6.92 Å². The molecule has 0 atom stereocenters. The summed E-state index contributed by atoms with van der Waals surface area (Å²) in [4.78, 5) is 0. The maximum atomic E-state index is 5.19. The average Bonchev–Trinajstić information content (AvgIpc) is 2.59. The van der Waals surface area contributed by atoms with Crippen LogP contribution in [0.1, 0.15) is 12.6 Å². The summed E-state index contributed by atoms with van der Waals surface area (Å²) in [6, 6.07) is 0. The van der Waals surface area contributed by atoms with Crippen LogP contribution in [0.5, 0.6) is 0 Å². The molecule has 0 radical (unpaired) electrons. The number of rotatable bonds is 6. The molecule has 0 amide bonds. The van der Waals surface area contributed by atoms with Crippen LogP contribution in [0.3, 0.4) is 0 Å². The lowest BCUT2D eigenvalue weighted by Crippen LogP contribution is -2.04. The second-order valence-electron chi connectivity index (χ2n) is 2.60. The van der Waals surface area contributed by atoms with Crippen LogP contribution in [0.2, 0.25) is 0 Å². The van der Waals surface area contributed by atoms with Gasteiger partial charge in [0.1, 0.15) is 5.69 Å². The van der Waals surface area contributed by atoms with Crippen molar-refractivity contribution >= 4 is 0 Å². The summed E-state index contributed by atoms with van der Waals surface area (Å²) in [6.45, 7) is 4.57. The molecule has 0 bridgehead atoms. The third-order valence-corrected chi connectivity index (χ3v) is 1.56. The van der Waals surface area contributed by atoms with Gasteiger partial charge in [0.2, 0.25) is 0 Å². The van der Waals surface area contributed by atoms with Gasteiger partial charge in [-0.3, -0.25) is 0 Å². The summed E-state index contributed by atoms with van der Waals surface area (Å²) in [7, 11) is 1.66. The average molecular weight is 185 g/mol. The standard InChI is InChI=1S/C8H15N3O2/c1-3-13-7-8-6-11(10-9-8)4-5-12-2/h6H,3-5,7H2,1-2H3. The van der Waals surface area contributed by atoms with Gasteiger partial charge < -0.3 is 9.47 Å². The van der Waals surface area contributed by atoms with E-state index in [2.05, 4.69) is 10.3 Å². The quantitative estimate of drug-likeness (QED) is 0.646. The molecule has 1 rings (SSSR count). The van der Waals surface area contributed by atoms with Gasteiger partial charge in [-0.2, -0.15) is 0 Å². The molecule has 0 aromatic carbocycles. The van der Waals surface area contributed by atoms with Crippen LogP contribution in [0.25, 0.3) is 0 Å². The molecule has 0 aliphatic rings. The number of ether oxygens (including phenoxy) is 2. The minimum Gasteiger partial charge on any atom is -0.383 e. The molecule has 1 aromatic rings. The highest BCUT2D eigenvalue weighted by Crippen LogP contribution is 1.95. The minimum absolute atomic E-state index is 0.531. The van der Waals surface area contributed by atoms with E-state index < -0.39 is 0 Å². The molecule has 0 unspecified atom stereocenters. The van der Waals surface area contributed by atoms with E-state index in [-0.39, 0.29) is 0 Å². The van der Waals surface area contributed by atoms with E-state index in [0.717, 1.165) is 12.2 Å². The molecule has 5 heteroatoms. The number of aromatic nitrogens is 3. The third-order valence-electron chi connectivity index (χ3n) is 1.56. The third kappa shape index (κ3) is 3.52. The Kier molecular flexibility index (Phi) is 4.42. The van der Waals surface area contributed by atoms with Crippen LogP contribution in [0, 0.1) is 0 Å². The molecular weight excluding hydrogens is 170 g/mol. The Labute approximate surface area is 77.6 Å². The van der Waals surface area contributed by atoms with Crippen LogP contribution >= 0.6 is 0 Å². The van der Waals surface area contributed by atoms with Crippen LogP contribution in [0.4, 0.5) is 0 Å². The fourth-order valence-corrected chi connectivity index (χ4v) is 0.905. The van der Waals surface area contributed by atoms with E-state index in [9.17, 15) is 0 Å². The minimum atomic E-state index is 0.531. The van der Waals surface area contributed by atoms with Crippen molar-refractivity contribution in [3.05, 3.63) is 11.9 Å². The van der Waals surface area contributed by atoms with Gasteiger partial charge in [-0.25, -0.2) is 4.68 Å². The normalized spacial score (nSPS) is 10.6. The molecule has 1 aromatic heterocycles. The maximum Gasteiger partial charge on any atom is 0.108 e. The molecule has 13 heavy (non-hydrogen) atoms. The molecule has 0 saturated carbocycles. The molecule has 74 valence electrons. The van der Waals surface area contributed by atoms with Gasteiger partial charge in [-0.15, -0.1) is 5.10 Å². The van der Waals surface area contributed by atoms with Crippen molar-refractivity contribution in [2.75, 3.05) is 20.3 Å². The molecule has 1 heterocycles. The van der Waals surface area contributed by atoms with Gasteiger partial charge >= 0.3 is 0 Å². The van der Waals surface area contributed by atoms with Crippen LogP contribution < -0.4 is 0 Å². The molecule has 0 aliphatic heterocycles. The molecule has 0 fully saturated rings. The fourth-order valence-electron chi connectivity index (χ4n) is 0.905. The van der Waals surface area contributed by atoms with E-state index in [1.165, 1.54) is 0 Å². The van der Waals surface area contributed by atoms with E-state index in [1.807, 2.05) is 13.1 Å². The van der Waals surface area contributed by atoms with Gasteiger partial charge in [0.25, 0.3) is 0 Å². The van der Waals surface area contributed by atoms with Crippen molar-refractivity contribution in [1.82, 2.24) is 15.0 Å². The van der Waals surface area contributed by atoms with Crippen molar-refractivity contribution in [2.45, 2.75) is 20.1 Å². The van der Waals surface area contributed by atoms with E-state index >= 15 is 0 Å². The Hall–Kier alpha value is -0.940. The first-order valence-electron chi connectivity index (χ1n) is 4.32. The summed E-state index contributed by atoms with van der Waals surface area (Å²) < 4.78 is 11.9. The lowest BCUT2D eigenvalue weighted by atomic mass is 10.5. The van der Waals surface area contributed by atoms with Crippen LogP contribution in [-0.2, 0) is 22.6 Å². The molecule has 5 nitrogen and oxygen atoms in total. The number of hydrogen-bond acceptors (Lipinski definition) is 4. The first-order valence-corrected chi connectivity index (χ1v) is 4.32. The number of nitrogens with zero attached hydrogens (tertiary/aromatic N) is 3. The van der Waals surface area contributed by atoms with Crippen molar-refractivity contribution < 1.29 is 9.47 Å². The van der Waals surface area contributed by atoms with E-state index in [0.29, 0.717) is 19.8 Å². The second kappa shape index (κ2) is 5.66.